The van der Waals surface area contributed by atoms with Gasteiger partial charge >= 0.3 is 0 Å². The van der Waals surface area contributed by atoms with Crippen molar-refractivity contribution in [1.82, 2.24) is 0 Å². The maximum atomic E-state index is 13.3. The van der Waals surface area contributed by atoms with Crippen molar-refractivity contribution < 1.29 is 14.3 Å². The van der Waals surface area contributed by atoms with Gasteiger partial charge in [0, 0.05) is 29.2 Å². The summed E-state index contributed by atoms with van der Waals surface area (Å²) in [4.78, 5) is 26.2. The van der Waals surface area contributed by atoms with Gasteiger partial charge in [-0.25, -0.2) is 0 Å². The number of ketones is 1. The first kappa shape index (κ1) is 23.1. The van der Waals surface area contributed by atoms with Gasteiger partial charge in [-0.2, -0.15) is 0 Å². The number of hydrogen-bond acceptors (Lipinski definition) is 3. The Morgan fingerprint density at radius 2 is 1.82 bits per heavy atom. The number of methoxy groups -OCH3 is 1. The molecule has 5 rings (SSSR count). The van der Waals surface area contributed by atoms with E-state index in [4.69, 9.17) is 4.74 Å². The highest BCUT2D eigenvalue weighted by Crippen LogP contribution is 2.45. The number of amides is 1. The van der Waals surface area contributed by atoms with E-state index in [2.05, 4.69) is 24.4 Å². The second-order valence-electron chi connectivity index (χ2n) is 10.7. The summed E-state index contributed by atoms with van der Waals surface area (Å²) in [5.74, 6) is 2.70. The molecule has 34 heavy (non-hydrogen) atoms. The molecular weight excluding hydrogens is 422 g/mol. The van der Waals surface area contributed by atoms with Gasteiger partial charge in [0.15, 0.2) is 5.78 Å². The van der Waals surface area contributed by atoms with Gasteiger partial charge in [-0.1, -0.05) is 24.3 Å². The Morgan fingerprint density at radius 1 is 1.03 bits per heavy atom. The number of anilines is 1. The molecule has 0 saturated heterocycles. The largest absolute Gasteiger partial charge is 0.496 e. The summed E-state index contributed by atoms with van der Waals surface area (Å²) < 4.78 is 5.57. The first-order chi connectivity index (χ1) is 16.5. The van der Waals surface area contributed by atoms with Crippen LogP contribution in [-0.2, 0) is 11.2 Å². The van der Waals surface area contributed by atoms with Crippen LogP contribution in [0, 0.1) is 24.7 Å². The monoisotopic (exact) mass is 459 g/mol. The minimum Gasteiger partial charge on any atom is -0.496 e. The van der Waals surface area contributed by atoms with Crippen LogP contribution in [-0.4, -0.2) is 18.8 Å². The number of Topliss-reactive ketones (excluding diaryl/α,β-unsaturated/α-hetero) is 1. The highest BCUT2D eigenvalue weighted by atomic mass is 16.5. The van der Waals surface area contributed by atoms with E-state index in [1.54, 1.807) is 7.11 Å². The van der Waals surface area contributed by atoms with E-state index < -0.39 is 0 Å². The van der Waals surface area contributed by atoms with Crippen molar-refractivity contribution in [2.45, 2.75) is 77.0 Å². The van der Waals surface area contributed by atoms with Crippen LogP contribution in [0.1, 0.15) is 90.8 Å². The van der Waals surface area contributed by atoms with Crippen LogP contribution in [0.4, 0.5) is 5.69 Å². The fraction of sp³-hybridized carbons (Fsp3) is 0.533. The molecule has 1 atom stereocenters. The lowest BCUT2D eigenvalue weighted by atomic mass is 9.76. The van der Waals surface area contributed by atoms with Crippen molar-refractivity contribution in [3.05, 3.63) is 58.7 Å². The first-order valence-electron chi connectivity index (χ1n) is 13.1. The van der Waals surface area contributed by atoms with Gasteiger partial charge < -0.3 is 10.1 Å². The second kappa shape index (κ2) is 9.93. The third kappa shape index (κ3) is 4.92. The zero-order valence-corrected chi connectivity index (χ0v) is 20.6. The van der Waals surface area contributed by atoms with Gasteiger partial charge in [-0.05, 0) is 106 Å². The summed E-state index contributed by atoms with van der Waals surface area (Å²) in [5, 5.41) is 3.13. The molecule has 4 nitrogen and oxygen atoms in total. The molecule has 2 saturated carbocycles. The zero-order valence-electron chi connectivity index (χ0n) is 20.6. The number of carbonyl (C=O) groups is 2. The molecule has 0 heterocycles. The highest BCUT2D eigenvalue weighted by Gasteiger charge is 2.32. The Hall–Kier alpha value is -2.62. The molecule has 2 fully saturated rings. The van der Waals surface area contributed by atoms with E-state index in [9.17, 15) is 9.59 Å². The third-order valence-corrected chi connectivity index (χ3v) is 8.38. The molecule has 0 aromatic heterocycles. The number of hydrogen-bond donors (Lipinski definition) is 1. The summed E-state index contributed by atoms with van der Waals surface area (Å²) >= 11 is 0. The van der Waals surface area contributed by atoms with E-state index in [-0.39, 0.29) is 17.7 Å². The van der Waals surface area contributed by atoms with E-state index >= 15 is 0 Å². The molecule has 3 aliphatic carbocycles. The number of nitrogens with one attached hydrogen (secondary N) is 1. The van der Waals surface area contributed by atoms with Crippen molar-refractivity contribution in [2.75, 3.05) is 12.4 Å². The first-order valence-corrected chi connectivity index (χ1v) is 13.1. The van der Waals surface area contributed by atoms with Crippen molar-refractivity contribution in [1.29, 1.82) is 0 Å². The Morgan fingerprint density at radius 3 is 2.56 bits per heavy atom. The Kier molecular flexibility index (Phi) is 6.76. The van der Waals surface area contributed by atoms with Crippen LogP contribution < -0.4 is 10.1 Å². The Labute approximate surface area is 203 Å². The SMILES string of the molecule is COc1cc(NC(=O)C2CCC(CC3CCCc4c(C)cccc4C3=O)CC2)ccc1C1CC1. The maximum Gasteiger partial charge on any atom is 0.227 e. The predicted octanol–water partition coefficient (Wildman–Crippen LogP) is 6.85. The molecule has 0 bridgehead atoms. The molecule has 180 valence electrons. The van der Waals surface area contributed by atoms with Gasteiger partial charge in [-0.3, -0.25) is 9.59 Å². The van der Waals surface area contributed by atoms with Gasteiger partial charge in [0.25, 0.3) is 0 Å². The van der Waals surface area contributed by atoms with E-state index in [0.29, 0.717) is 17.6 Å². The fourth-order valence-corrected chi connectivity index (χ4v) is 6.19. The van der Waals surface area contributed by atoms with Crippen LogP contribution in [0.5, 0.6) is 5.75 Å². The van der Waals surface area contributed by atoms with Gasteiger partial charge in [0.1, 0.15) is 5.75 Å². The number of carbonyl (C=O) groups excluding carboxylic acids is 2. The third-order valence-electron chi connectivity index (χ3n) is 8.38. The van der Waals surface area contributed by atoms with Crippen LogP contribution in [0.15, 0.2) is 36.4 Å². The molecule has 4 heteroatoms. The van der Waals surface area contributed by atoms with Crippen LogP contribution in [0.25, 0.3) is 0 Å². The average molecular weight is 460 g/mol. The number of benzene rings is 2. The molecule has 1 amide bonds. The maximum absolute atomic E-state index is 13.3. The molecule has 1 N–H and O–H groups in total. The molecule has 3 aliphatic rings. The quantitative estimate of drug-likeness (QED) is 0.481. The van der Waals surface area contributed by atoms with Gasteiger partial charge in [0.2, 0.25) is 5.91 Å². The van der Waals surface area contributed by atoms with Crippen molar-refractivity contribution in [2.24, 2.45) is 17.8 Å². The molecular formula is C30H37NO3. The van der Waals surface area contributed by atoms with Crippen LogP contribution in [0.3, 0.4) is 0 Å². The Balaban J connectivity index is 1.15. The summed E-state index contributed by atoms with van der Waals surface area (Å²) in [5.41, 5.74) is 5.55. The molecule has 0 spiro atoms. The Bertz CT molecular complexity index is 1060. The lowest BCUT2D eigenvalue weighted by Gasteiger charge is -2.30. The lowest BCUT2D eigenvalue weighted by molar-refractivity contribution is -0.121. The second-order valence-corrected chi connectivity index (χ2v) is 10.7. The topological polar surface area (TPSA) is 55.4 Å². The van der Waals surface area contributed by atoms with E-state index in [1.807, 2.05) is 24.3 Å². The summed E-state index contributed by atoms with van der Waals surface area (Å²) in [6.07, 6.45) is 10.4. The minimum atomic E-state index is 0.0542. The average Bonchev–Trinajstić information content (AvgIpc) is 3.70. The molecule has 1 unspecified atom stereocenters. The molecule has 2 aromatic rings. The van der Waals surface area contributed by atoms with Crippen molar-refractivity contribution >= 4 is 17.4 Å². The number of rotatable bonds is 6. The lowest BCUT2D eigenvalue weighted by Crippen LogP contribution is -2.28. The minimum absolute atomic E-state index is 0.0542. The van der Waals surface area contributed by atoms with Crippen LogP contribution in [0.2, 0.25) is 0 Å². The van der Waals surface area contributed by atoms with Crippen molar-refractivity contribution in [3.63, 3.8) is 0 Å². The van der Waals surface area contributed by atoms with Crippen molar-refractivity contribution in [3.8, 4) is 5.75 Å². The summed E-state index contributed by atoms with van der Waals surface area (Å²) in [6, 6.07) is 12.2. The number of aryl methyl sites for hydroxylation is 1. The predicted molar refractivity (Wildman–Crippen MR) is 136 cm³/mol. The summed E-state index contributed by atoms with van der Waals surface area (Å²) in [7, 11) is 1.70. The van der Waals surface area contributed by atoms with Gasteiger partial charge in [0.05, 0.1) is 7.11 Å². The number of fused-ring (bicyclic) bond motifs is 1. The number of ether oxygens (including phenoxy) is 1. The summed E-state index contributed by atoms with van der Waals surface area (Å²) in [6.45, 7) is 2.12. The molecule has 2 aromatic carbocycles. The normalized spacial score (nSPS) is 24.8. The molecule has 0 aliphatic heterocycles. The fourth-order valence-electron chi connectivity index (χ4n) is 6.19. The van der Waals surface area contributed by atoms with E-state index in [1.165, 1.54) is 29.5 Å². The standard InChI is InChI=1S/C30H37NO3/c1-19-5-3-8-27-25(19)7-4-6-23(29(27)32)17-20-9-11-22(12-10-20)30(33)31-24-15-16-26(21-13-14-21)28(18-24)34-2/h3,5,8,15-16,18,20-23H,4,6-7,9-14,17H2,1-2H3,(H,31,33). The highest BCUT2D eigenvalue weighted by molar-refractivity contribution is 5.99. The molecule has 0 radical (unpaired) electrons. The zero-order chi connectivity index (χ0) is 23.7. The van der Waals surface area contributed by atoms with E-state index in [0.717, 1.165) is 68.4 Å². The smallest absolute Gasteiger partial charge is 0.227 e. The van der Waals surface area contributed by atoms with Crippen LogP contribution >= 0.6 is 0 Å². The van der Waals surface area contributed by atoms with Gasteiger partial charge in [-0.15, -0.1) is 0 Å².